The zero-order valence-corrected chi connectivity index (χ0v) is 11.2. The number of piperazine rings is 1. The second-order valence-corrected chi connectivity index (χ2v) is 5.21. The predicted molar refractivity (Wildman–Crippen MR) is 68.4 cm³/mol. The minimum atomic E-state index is 0.0558. The molecule has 0 spiro atoms. The summed E-state index contributed by atoms with van der Waals surface area (Å²) >= 11 is 5.91. The molecule has 2 atom stereocenters. The third-order valence-corrected chi connectivity index (χ3v) is 3.42. The average molecular weight is 256 g/mol. The number of hydrogen-bond donors (Lipinski definition) is 1. The summed E-state index contributed by atoms with van der Waals surface area (Å²) in [6, 6.07) is 2.28. The van der Waals surface area contributed by atoms with E-state index in [2.05, 4.69) is 19.2 Å². The predicted octanol–water partition coefficient (Wildman–Crippen LogP) is 1.50. The summed E-state index contributed by atoms with van der Waals surface area (Å²) in [5.74, 6) is 0.0558. The van der Waals surface area contributed by atoms with Gasteiger partial charge in [-0.25, -0.2) is 0 Å². The second kappa shape index (κ2) is 4.70. The Morgan fingerprint density at radius 3 is 2.82 bits per heavy atom. The highest BCUT2D eigenvalue weighted by Gasteiger charge is 2.28. The van der Waals surface area contributed by atoms with E-state index in [0.29, 0.717) is 16.8 Å². The van der Waals surface area contributed by atoms with E-state index in [1.807, 2.05) is 11.9 Å². The lowest BCUT2D eigenvalue weighted by Crippen LogP contribution is -2.56. The van der Waals surface area contributed by atoms with Crippen molar-refractivity contribution in [2.75, 3.05) is 13.1 Å². The summed E-state index contributed by atoms with van der Waals surface area (Å²) in [4.78, 5) is 14.3. The van der Waals surface area contributed by atoms with Crippen molar-refractivity contribution in [1.29, 1.82) is 0 Å². The van der Waals surface area contributed by atoms with Crippen LogP contribution in [0.25, 0.3) is 0 Å². The average Bonchev–Trinajstić information content (AvgIpc) is 2.60. The van der Waals surface area contributed by atoms with Gasteiger partial charge in [-0.05, 0) is 19.9 Å². The van der Waals surface area contributed by atoms with Crippen molar-refractivity contribution in [3.8, 4) is 0 Å². The Hall–Kier alpha value is -1.00. The molecule has 0 saturated carbocycles. The van der Waals surface area contributed by atoms with Crippen molar-refractivity contribution >= 4 is 17.5 Å². The number of halogens is 1. The van der Waals surface area contributed by atoms with Crippen molar-refractivity contribution in [1.82, 2.24) is 14.8 Å². The van der Waals surface area contributed by atoms with Crippen LogP contribution in [0.4, 0.5) is 0 Å². The standard InChI is InChI=1S/C12H18ClN3O/c1-8-6-16(9(2)5-14-8)12(17)11-4-10(13)7-15(11)3/h4,7-9,14H,5-6H2,1-3H3. The first-order valence-corrected chi connectivity index (χ1v) is 6.23. The zero-order chi connectivity index (χ0) is 12.6. The molecule has 1 aliphatic heterocycles. The first-order chi connectivity index (χ1) is 7.99. The van der Waals surface area contributed by atoms with Crippen molar-refractivity contribution in [3.63, 3.8) is 0 Å². The number of aromatic nitrogens is 1. The molecule has 4 nitrogen and oxygen atoms in total. The van der Waals surface area contributed by atoms with Crippen molar-refractivity contribution < 1.29 is 4.79 Å². The third-order valence-electron chi connectivity index (χ3n) is 3.22. The number of amides is 1. The molecule has 1 aliphatic rings. The largest absolute Gasteiger partial charge is 0.345 e. The highest BCUT2D eigenvalue weighted by atomic mass is 35.5. The molecule has 0 aliphatic carbocycles. The molecular weight excluding hydrogens is 238 g/mol. The third kappa shape index (κ3) is 2.48. The van der Waals surface area contributed by atoms with Gasteiger partial charge in [0.15, 0.2) is 0 Å². The van der Waals surface area contributed by atoms with E-state index in [1.54, 1.807) is 16.8 Å². The fourth-order valence-corrected chi connectivity index (χ4v) is 2.44. The summed E-state index contributed by atoms with van der Waals surface area (Å²) in [5.41, 5.74) is 0.649. The zero-order valence-electron chi connectivity index (χ0n) is 10.4. The molecule has 1 aromatic heterocycles. The number of nitrogens with one attached hydrogen (secondary N) is 1. The lowest BCUT2D eigenvalue weighted by Gasteiger charge is -2.37. The van der Waals surface area contributed by atoms with Gasteiger partial charge in [0.2, 0.25) is 0 Å². The fourth-order valence-electron chi connectivity index (χ4n) is 2.19. The van der Waals surface area contributed by atoms with Crippen LogP contribution in [0.5, 0.6) is 0 Å². The normalized spacial score (nSPS) is 25.1. The van der Waals surface area contributed by atoms with E-state index in [0.717, 1.165) is 13.1 Å². The minimum Gasteiger partial charge on any atom is -0.345 e. The van der Waals surface area contributed by atoms with E-state index in [-0.39, 0.29) is 11.9 Å². The number of carbonyl (C=O) groups is 1. The van der Waals surface area contributed by atoms with E-state index in [9.17, 15) is 4.79 Å². The Kier molecular flexibility index (Phi) is 3.45. The lowest BCUT2D eigenvalue weighted by atomic mass is 10.1. The van der Waals surface area contributed by atoms with E-state index in [4.69, 9.17) is 11.6 Å². The summed E-state index contributed by atoms with van der Waals surface area (Å²) in [6.45, 7) is 5.72. The molecule has 1 amide bonds. The van der Waals surface area contributed by atoms with Crippen molar-refractivity contribution in [3.05, 3.63) is 23.0 Å². The molecule has 94 valence electrons. The summed E-state index contributed by atoms with van der Waals surface area (Å²) < 4.78 is 1.78. The summed E-state index contributed by atoms with van der Waals surface area (Å²) in [6.07, 6.45) is 1.76. The first kappa shape index (κ1) is 12.5. The Morgan fingerprint density at radius 2 is 2.24 bits per heavy atom. The van der Waals surface area contributed by atoms with Gasteiger partial charge < -0.3 is 14.8 Å². The first-order valence-electron chi connectivity index (χ1n) is 5.85. The van der Waals surface area contributed by atoms with Gasteiger partial charge in [0.25, 0.3) is 5.91 Å². The van der Waals surface area contributed by atoms with Gasteiger partial charge in [-0.15, -0.1) is 0 Å². The van der Waals surface area contributed by atoms with Gasteiger partial charge in [-0.1, -0.05) is 11.6 Å². The second-order valence-electron chi connectivity index (χ2n) is 4.77. The number of hydrogen-bond acceptors (Lipinski definition) is 2. The number of carbonyl (C=O) groups excluding carboxylic acids is 1. The van der Waals surface area contributed by atoms with Gasteiger partial charge in [0.05, 0.1) is 5.02 Å². The monoisotopic (exact) mass is 255 g/mol. The van der Waals surface area contributed by atoms with Crippen LogP contribution < -0.4 is 5.32 Å². The van der Waals surface area contributed by atoms with Crippen LogP contribution in [0, 0.1) is 0 Å². The molecule has 2 heterocycles. The molecule has 5 heteroatoms. The fraction of sp³-hybridized carbons (Fsp3) is 0.583. The highest BCUT2D eigenvalue weighted by molar-refractivity contribution is 6.31. The minimum absolute atomic E-state index is 0.0558. The molecule has 17 heavy (non-hydrogen) atoms. The lowest BCUT2D eigenvalue weighted by molar-refractivity contribution is 0.0606. The maximum absolute atomic E-state index is 12.4. The molecule has 0 bridgehead atoms. The van der Waals surface area contributed by atoms with Crippen LogP contribution in [-0.2, 0) is 7.05 Å². The Morgan fingerprint density at radius 1 is 1.53 bits per heavy atom. The molecule has 0 aromatic carbocycles. The molecule has 2 rings (SSSR count). The van der Waals surface area contributed by atoms with Crippen molar-refractivity contribution in [2.24, 2.45) is 7.05 Å². The molecule has 0 radical (unpaired) electrons. The smallest absolute Gasteiger partial charge is 0.270 e. The van der Waals surface area contributed by atoms with Crippen molar-refractivity contribution in [2.45, 2.75) is 25.9 Å². The summed E-state index contributed by atoms with van der Waals surface area (Å²) in [5, 5.41) is 3.96. The van der Waals surface area contributed by atoms with Gasteiger partial charge in [0, 0.05) is 38.4 Å². The number of aryl methyl sites for hydroxylation is 1. The van der Waals surface area contributed by atoms with Crippen LogP contribution in [0.15, 0.2) is 12.3 Å². The maximum atomic E-state index is 12.4. The molecule has 1 fully saturated rings. The van der Waals surface area contributed by atoms with Gasteiger partial charge in [-0.2, -0.15) is 0 Å². The van der Waals surface area contributed by atoms with Crippen LogP contribution in [0.2, 0.25) is 5.02 Å². The van der Waals surface area contributed by atoms with E-state index < -0.39 is 0 Å². The summed E-state index contributed by atoms with van der Waals surface area (Å²) in [7, 11) is 1.84. The maximum Gasteiger partial charge on any atom is 0.270 e. The molecule has 1 aromatic rings. The Balaban J connectivity index is 2.21. The van der Waals surface area contributed by atoms with Crippen LogP contribution >= 0.6 is 11.6 Å². The SMILES string of the molecule is CC1CN(C(=O)c2cc(Cl)cn2C)C(C)CN1. The molecule has 2 unspecified atom stereocenters. The van der Waals surface area contributed by atoms with Gasteiger partial charge >= 0.3 is 0 Å². The Bertz CT molecular complexity index is 429. The Labute approximate surface area is 107 Å². The van der Waals surface area contributed by atoms with E-state index in [1.165, 1.54) is 0 Å². The molecule has 1 saturated heterocycles. The van der Waals surface area contributed by atoms with Gasteiger partial charge in [0.1, 0.15) is 5.69 Å². The topological polar surface area (TPSA) is 37.3 Å². The molecule has 1 N–H and O–H groups in total. The highest BCUT2D eigenvalue weighted by Crippen LogP contribution is 2.17. The van der Waals surface area contributed by atoms with E-state index >= 15 is 0 Å². The van der Waals surface area contributed by atoms with Crippen LogP contribution in [-0.4, -0.2) is 40.5 Å². The van der Waals surface area contributed by atoms with Crippen LogP contribution in [0.3, 0.4) is 0 Å². The number of rotatable bonds is 1. The quantitative estimate of drug-likeness (QED) is 0.826. The van der Waals surface area contributed by atoms with Crippen LogP contribution in [0.1, 0.15) is 24.3 Å². The van der Waals surface area contributed by atoms with Gasteiger partial charge in [-0.3, -0.25) is 4.79 Å². The molecular formula is C12H18ClN3O. The number of nitrogens with zero attached hydrogens (tertiary/aromatic N) is 2.